The van der Waals surface area contributed by atoms with Crippen LogP contribution in [-0.4, -0.2) is 23.1 Å². The molecule has 4 nitrogen and oxygen atoms in total. The van der Waals surface area contributed by atoms with Gasteiger partial charge in [-0.15, -0.1) is 0 Å². The molecule has 4 heteroatoms. The van der Waals surface area contributed by atoms with Gasteiger partial charge >= 0.3 is 11.9 Å². The first-order valence-electron chi connectivity index (χ1n) is 12.4. The molecular formula is C25H46O4. The normalized spacial score (nSPS) is 18.2. The molecule has 0 aliphatic heterocycles. The van der Waals surface area contributed by atoms with Crippen molar-refractivity contribution in [2.75, 3.05) is 0 Å². The van der Waals surface area contributed by atoms with Crippen LogP contribution < -0.4 is 0 Å². The summed E-state index contributed by atoms with van der Waals surface area (Å²) < 4.78 is 5.95. The molecule has 0 aromatic rings. The van der Waals surface area contributed by atoms with E-state index in [1.165, 1.54) is 44.9 Å². The molecule has 2 unspecified atom stereocenters. The van der Waals surface area contributed by atoms with Crippen molar-refractivity contribution in [1.82, 2.24) is 0 Å². The molecule has 1 N–H and O–H groups in total. The highest BCUT2D eigenvalue weighted by Gasteiger charge is 2.49. The number of unbranched alkanes of at least 4 members (excludes halogenated alkanes) is 8. The molecule has 0 aromatic heterocycles. The lowest BCUT2D eigenvalue weighted by molar-refractivity contribution is -0.177. The van der Waals surface area contributed by atoms with E-state index < -0.39 is 17.4 Å². The predicted molar refractivity (Wildman–Crippen MR) is 119 cm³/mol. The molecular weight excluding hydrogens is 364 g/mol. The number of carboxylic acid groups (broad SMARTS) is 1. The van der Waals surface area contributed by atoms with Gasteiger partial charge in [0.05, 0.1) is 0 Å². The Morgan fingerprint density at radius 3 is 1.93 bits per heavy atom. The van der Waals surface area contributed by atoms with Crippen LogP contribution in [0.3, 0.4) is 0 Å². The van der Waals surface area contributed by atoms with Crippen LogP contribution >= 0.6 is 0 Å². The molecule has 0 heterocycles. The number of carbonyl (C=O) groups is 2. The van der Waals surface area contributed by atoms with E-state index in [1.54, 1.807) is 0 Å². The number of hydrogen-bond donors (Lipinski definition) is 1. The minimum Gasteiger partial charge on any atom is -0.480 e. The Morgan fingerprint density at radius 2 is 1.34 bits per heavy atom. The SMILES string of the molecule is CCCCCCCCCC(C)C(CCCCC)OC(=O)C1(C(=O)O)CCCCC1. The molecule has 1 saturated carbocycles. The highest BCUT2D eigenvalue weighted by atomic mass is 16.5. The third-order valence-electron chi connectivity index (χ3n) is 6.76. The molecule has 1 fully saturated rings. The topological polar surface area (TPSA) is 63.6 Å². The zero-order chi connectivity index (χ0) is 21.5. The van der Waals surface area contributed by atoms with E-state index in [0.717, 1.165) is 51.4 Å². The third-order valence-corrected chi connectivity index (χ3v) is 6.76. The maximum absolute atomic E-state index is 13.0. The minimum atomic E-state index is -1.31. The number of rotatable bonds is 16. The molecule has 0 radical (unpaired) electrons. The summed E-state index contributed by atoms with van der Waals surface area (Å²) in [5, 5.41) is 9.79. The Hall–Kier alpha value is -1.06. The first-order valence-corrected chi connectivity index (χ1v) is 12.4. The van der Waals surface area contributed by atoms with Gasteiger partial charge in [0.25, 0.3) is 0 Å². The molecule has 0 aromatic carbocycles. The van der Waals surface area contributed by atoms with Gasteiger partial charge in [0.1, 0.15) is 6.10 Å². The van der Waals surface area contributed by atoms with Crippen LogP contribution in [0.4, 0.5) is 0 Å². The number of hydrogen-bond acceptors (Lipinski definition) is 3. The van der Waals surface area contributed by atoms with Crippen molar-refractivity contribution >= 4 is 11.9 Å². The van der Waals surface area contributed by atoms with Crippen LogP contribution in [0.2, 0.25) is 0 Å². The molecule has 170 valence electrons. The predicted octanol–water partition coefficient (Wildman–Crippen LogP) is 7.29. The van der Waals surface area contributed by atoms with Gasteiger partial charge < -0.3 is 9.84 Å². The van der Waals surface area contributed by atoms with Crippen molar-refractivity contribution in [2.24, 2.45) is 11.3 Å². The van der Waals surface area contributed by atoms with Gasteiger partial charge in [-0.05, 0) is 38.0 Å². The van der Waals surface area contributed by atoms with E-state index in [4.69, 9.17) is 4.74 Å². The van der Waals surface area contributed by atoms with Crippen LogP contribution in [0.5, 0.6) is 0 Å². The standard InChI is InChI=1S/C25H46O4/c1-4-6-8-9-10-11-14-17-21(3)22(18-13-7-5-2)29-24(28)25(23(26)27)19-15-12-16-20-25/h21-22H,4-20H2,1-3H3,(H,26,27). The highest BCUT2D eigenvalue weighted by molar-refractivity contribution is 5.99. The van der Waals surface area contributed by atoms with Gasteiger partial charge in [0.15, 0.2) is 5.41 Å². The first kappa shape index (κ1) is 26.0. The van der Waals surface area contributed by atoms with Crippen molar-refractivity contribution in [2.45, 2.75) is 136 Å². The number of carbonyl (C=O) groups excluding carboxylic acids is 1. The monoisotopic (exact) mass is 410 g/mol. The number of aliphatic carboxylic acids is 1. The van der Waals surface area contributed by atoms with E-state index in [2.05, 4.69) is 20.8 Å². The van der Waals surface area contributed by atoms with Crippen molar-refractivity contribution in [1.29, 1.82) is 0 Å². The van der Waals surface area contributed by atoms with E-state index in [1.807, 2.05) is 0 Å². The molecule has 1 rings (SSSR count). The fraction of sp³-hybridized carbons (Fsp3) is 0.920. The number of carboxylic acids is 1. The second-order valence-corrected chi connectivity index (χ2v) is 9.27. The summed E-state index contributed by atoms with van der Waals surface area (Å²) >= 11 is 0. The molecule has 0 spiro atoms. The summed E-state index contributed by atoms with van der Waals surface area (Å²) in [7, 11) is 0. The lowest BCUT2D eigenvalue weighted by Crippen LogP contribution is -2.44. The van der Waals surface area contributed by atoms with Gasteiger partial charge in [-0.1, -0.05) is 97.8 Å². The third kappa shape index (κ3) is 9.09. The Morgan fingerprint density at radius 1 is 0.828 bits per heavy atom. The van der Waals surface area contributed by atoms with E-state index in [0.29, 0.717) is 18.8 Å². The molecule has 0 saturated heterocycles. The average molecular weight is 411 g/mol. The molecule has 2 atom stereocenters. The van der Waals surface area contributed by atoms with Crippen LogP contribution in [0.25, 0.3) is 0 Å². The summed E-state index contributed by atoms with van der Waals surface area (Å²) in [6, 6.07) is 0. The van der Waals surface area contributed by atoms with Crippen LogP contribution in [0.1, 0.15) is 130 Å². The summed E-state index contributed by atoms with van der Waals surface area (Å²) in [4.78, 5) is 24.9. The van der Waals surface area contributed by atoms with Gasteiger partial charge in [-0.3, -0.25) is 9.59 Å². The summed E-state index contributed by atoms with van der Waals surface area (Å²) in [6.45, 7) is 6.59. The average Bonchev–Trinajstić information content (AvgIpc) is 2.72. The molecule has 0 amide bonds. The quantitative estimate of drug-likeness (QED) is 0.165. The minimum absolute atomic E-state index is 0.146. The zero-order valence-corrected chi connectivity index (χ0v) is 19.3. The summed E-state index contributed by atoms with van der Waals surface area (Å²) in [5.74, 6) is -1.17. The van der Waals surface area contributed by atoms with Gasteiger partial charge in [0, 0.05) is 0 Å². The van der Waals surface area contributed by atoms with Gasteiger partial charge in [-0.25, -0.2) is 0 Å². The summed E-state index contributed by atoms with van der Waals surface area (Å²) in [6.07, 6.45) is 17.5. The summed E-state index contributed by atoms with van der Waals surface area (Å²) in [5.41, 5.74) is -1.31. The first-order chi connectivity index (χ1) is 14.0. The maximum Gasteiger partial charge on any atom is 0.323 e. The Labute approximate surface area is 179 Å². The lowest BCUT2D eigenvalue weighted by atomic mass is 9.74. The number of esters is 1. The zero-order valence-electron chi connectivity index (χ0n) is 19.3. The second-order valence-electron chi connectivity index (χ2n) is 9.27. The van der Waals surface area contributed by atoms with Crippen molar-refractivity contribution in [3.63, 3.8) is 0 Å². The number of ether oxygens (including phenoxy) is 1. The lowest BCUT2D eigenvalue weighted by Gasteiger charge is -2.34. The molecule has 1 aliphatic carbocycles. The van der Waals surface area contributed by atoms with E-state index in [9.17, 15) is 14.7 Å². The Kier molecular flexibility index (Phi) is 13.3. The van der Waals surface area contributed by atoms with Gasteiger partial charge in [-0.2, -0.15) is 0 Å². The van der Waals surface area contributed by atoms with Gasteiger partial charge in [0.2, 0.25) is 0 Å². The van der Waals surface area contributed by atoms with Crippen LogP contribution in [0, 0.1) is 11.3 Å². The largest absolute Gasteiger partial charge is 0.480 e. The Bertz CT molecular complexity index is 454. The highest BCUT2D eigenvalue weighted by Crippen LogP contribution is 2.39. The fourth-order valence-electron chi connectivity index (χ4n) is 4.58. The van der Waals surface area contributed by atoms with Crippen molar-refractivity contribution in [3.8, 4) is 0 Å². The molecule has 29 heavy (non-hydrogen) atoms. The molecule has 0 bridgehead atoms. The van der Waals surface area contributed by atoms with E-state index >= 15 is 0 Å². The van der Waals surface area contributed by atoms with E-state index in [-0.39, 0.29) is 6.10 Å². The van der Waals surface area contributed by atoms with Crippen molar-refractivity contribution in [3.05, 3.63) is 0 Å². The Balaban J connectivity index is 2.58. The second kappa shape index (κ2) is 14.8. The van der Waals surface area contributed by atoms with Crippen molar-refractivity contribution < 1.29 is 19.4 Å². The van der Waals surface area contributed by atoms with Crippen LogP contribution in [0.15, 0.2) is 0 Å². The molecule has 1 aliphatic rings. The fourth-order valence-corrected chi connectivity index (χ4v) is 4.58. The smallest absolute Gasteiger partial charge is 0.323 e. The van der Waals surface area contributed by atoms with Crippen LogP contribution in [-0.2, 0) is 14.3 Å². The maximum atomic E-state index is 13.0.